The molecule has 94 valence electrons. The van der Waals surface area contributed by atoms with E-state index in [9.17, 15) is 0 Å². The average molecular weight is 223 g/mol. The molecule has 1 rings (SSSR count). The first-order chi connectivity index (χ1) is 7.52. The number of rotatable bonds is 5. The first kappa shape index (κ1) is 13.6. The highest BCUT2D eigenvalue weighted by Gasteiger charge is 2.24. The van der Waals surface area contributed by atoms with E-state index < -0.39 is 0 Å². The quantitative estimate of drug-likeness (QED) is 0.659. The molecular weight excluding hydrogens is 194 g/mol. The fourth-order valence-corrected chi connectivity index (χ4v) is 2.98. The smallest absolute Gasteiger partial charge is 0.0289 e. The molecule has 0 unspecified atom stereocenters. The van der Waals surface area contributed by atoms with Crippen molar-refractivity contribution in [2.45, 2.75) is 78.3 Å². The maximum absolute atomic E-state index is 4.32. The van der Waals surface area contributed by atoms with E-state index in [2.05, 4.69) is 39.2 Å². The van der Waals surface area contributed by atoms with Gasteiger partial charge in [0.05, 0.1) is 0 Å². The Morgan fingerprint density at radius 2 is 1.69 bits per heavy atom. The second-order valence-electron chi connectivity index (χ2n) is 5.96. The van der Waals surface area contributed by atoms with Gasteiger partial charge in [-0.2, -0.15) is 0 Å². The van der Waals surface area contributed by atoms with Gasteiger partial charge in [-0.15, -0.1) is 0 Å². The zero-order valence-corrected chi connectivity index (χ0v) is 11.6. The zero-order valence-electron chi connectivity index (χ0n) is 11.6. The van der Waals surface area contributed by atoms with E-state index in [0.29, 0.717) is 6.04 Å². The summed E-state index contributed by atoms with van der Waals surface area (Å²) >= 11 is 0. The van der Waals surface area contributed by atoms with Gasteiger partial charge in [0.25, 0.3) is 0 Å². The SMILES string of the molecule is C=C(CC(C)C)N(C(C)C)C1CCCCC1. The molecule has 0 spiro atoms. The van der Waals surface area contributed by atoms with E-state index in [0.717, 1.165) is 18.4 Å². The van der Waals surface area contributed by atoms with Gasteiger partial charge in [-0.05, 0) is 39.0 Å². The van der Waals surface area contributed by atoms with Crippen LogP contribution in [0.5, 0.6) is 0 Å². The summed E-state index contributed by atoms with van der Waals surface area (Å²) in [5, 5.41) is 0. The van der Waals surface area contributed by atoms with Gasteiger partial charge in [-0.3, -0.25) is 0 Å². The van der Waals surface area contributed by atoms with Crippen LogP contribution in [0.1, 0.15) is 66.2 Å². The van der Waals surface area contributed by atoms with Crippen LogP contribution < -0.4 is 0 Å². The molecule has 0 bridgehead atoms. The molecule has 0 radical (unpaired) electrons. The lowest BCUT2D eigenvalue weighted by Gasteiger charge is -2.41. The van der Waals surface area contributed by atoms with Crippen molar-refractivity contribution in [1.29, 1.82) is 0 Å². The van der Waals surface area contributed by atoms with E-state index in [1.54, 1.807) is 0 Å². The standard InChI is InChI=1S/C15H29N/c1-12(2)11-14(5)16(13(3)4)15-9-7-6-8-10-15/h12-13,15H,5-11H2,1-4H3. The predicted molar refractivity (Wildman–Crippen MR) is 72.4 cm³/mol. The molecule has 1 nitrogen and oxygen atoms in total. The second kappa shape index (κ2) is 6.32. The Labute approximate surface area is 102 Å². The van der Waals surface area contributed by atoms with Gasteiger partial charge in [-0.1, -0.05) is 39.7 Å². The van der Waals surface area contributed by atoms with Gasteiger partial charge in [0.1, 0.15) is 0 Å². The molecule has 0 heterocycles. The molecule has 1 heteroatoms. The fourth-order valence-electron chi connectivity index (χ4n) is 2.98. The predicted octanol–water partition coefficient (Wildman–Crippen LogP) is 4.59. The van der Waals surface area contributed by atoms with Crippen LogP contribution in [0.4, 0.5) is 0 Å². The van der Waals surface area contributed by atoms with Crippen LogP contribution in [0.2, 0.25) is 0 Å². The summed E-state index contributed by atoms with van der Waals surface area (Å²) < 4.78 is 0. The van der Waals surface area contributed by atoms with E-state index in [1.807, 2.05) is 0 Å². The number of hydrogen-bond donors (Lipinski definition) is 0. The molecule has 1 fully saturated rings. The van der Waals surface area contributed by atoms with Crippen LogP contribution in [-0.4, -0.2) is 17.0 Å². The Hall–Kier alpha value is -0.460. The maximum atomic E-state index is 4.32. The Morgan fingerprint density at radius 1 is 1.12 bits per heavy atom. The minimum Gasteiger partial charge on any atom is -0.370 e. The Morgan fingerprint density at radius 3 is 2.12 bits per heavy atom. The highest BCUT2D eigenvalue weighted by molar-refractivity contribution is 5.00. The first-order valence-corrected chi connectivity index (χ1v) is 6.98. The van der Waals surface area contributed by atoms with Gasteiger partial charge in [0.2, 0.25) is 0 Å². The lowest BCUT2D eigenvalue weighted by atomic mass is 9.92. The average Bonchev–Trinajstić information content (AvgIpc) is 2.17. The lowest BCUT2D eigenvalue weighted by Crippen LogP contribution is -2.40. The summed E-state index contributed by atoms with van der Waals surface area (Å²) in [6.07, 6.45) is 8.13. The number of nitrogens with zero attached hydrogens (tertiary/aromatic N) is 1. The third-order valence-electron chi connectivity index (χ3n) is 3.53. The van der Waals surface area contributed by atoms with Crippen molar-refractivity contribution in [3.63, 3.8) is 0 Å². The van der Waals surface area contributed by atoms with Crippen LogP contribution in [-0.2, 0) is 0 Å². The molecule has 1 aliphatic rings. The zero-order chi connectivity index (χ0) is 12.1. The molecule has 0 saturated heterocycles. The molecular formula is C15H29N. The molecule has 0 aromatic carbocycles. The van der Waals surface area contributed by atoms with Gasteiger partial charge in [-0.25, -0.2) is 0 Å². The first-order valence-electron chi connectivity index (χ1n) is 6.98. The van der Waals surface area contributed by atoms with Gasteiger partial charge in [0, 0.05) is 17.8 Å². The molecule has 1 aliphatic carbocycles. The Balaban J connectivity index is 2.61. The van der Waals surface area contributed by atoms with Crippen molar-refractivity contribution in [3.8, 4) is 0 Å². The van der Waals surface area contributed by atoms with Gasteiger partial charge < -0.3 is 4.90 Å². The third-order valence-corrected chi connectivity index (χ3v) is 3.53. The van der Waals surface area contributed by atoms with E-state index >= 15 is 0 Å². The van der Waals surface area contributed by atoms with Crippen molar-refractivity contribution in [3.05, 3.63) is 12.3 Å². The van der Waals surface area contributed by atoms with E-state index in [1.165, 1.54) is 37.8 Å². The summed E-state index contributed by atoms with van der Waals surface area (Å²) in [6, 6.07) is 1.37. The largest absolute Gasteiger partial charge is 0.370 e. The summed E-state index contributed by atoms with van der Waals surface area (Å²) in [5.74, 6) is 0.720. The van der Waals surface area contributed by atoms with Gasteiger partial charge >= 0.3 is 0 Å². The third kappa shape index (κ3) is 3.84. The molecule has 0 atom stereocenters. The lowest BCUT2D eigenvalue weighted by molar-refractivity contribution is 0.156. The van der Waals surface area contributed by atoms with Crippen LogP contribution in [0, 0.1) is 5.92 Å². The van der Waals surface area contributed by atoms with Crippen molar-refractivity contribution in [1.82, 2.24) is 4.90 Å². The highest BCUT2D eigenvalue weighted by atomic mass is 15.2. The fraction of sp³-hybridized carbons (Fsp3) is 0.867. The van der Waals surface area contributed by atoms with Crippen molar-refractivity contribution in [2.75, 3.05) is 0 Å². The van der Waals surface area contributed by atoms with E-state index in [-0.39, 0.29) is 0 Å². The summed E-state index contributed by atoms with van der Waals surface area (Å²) in [5.41, 5.74) is 1.36. The van der Waals surface area contributed by atoms with E-state index in [4.69, 9.17) is 0 Å². The minimum atomic E-state index is 0.606. The molecule has 16 heavy (non-hydrogen) atoms. The van der Waals surface area contributed by atoms with Crippen LogP contribution >= 0.6 is 0 Å². The normalized spacial score (nSPS) is 18.1. The van der Waals surface area contributed by atoms with Gasteiger partial charge in [0.15, 0.2) is 0 Å². The molecule has 0 amide bonds. The minimum absolute atomic E-state index is 0.606. The molecule has 0 aromatic rings. The molecule has 0 aliphatic heterocycles. The topological polar surface area (TPSA) is 3.24 Å². The van der Waals surface area contributed by atoms with Crippen molar-refractivity contribution >= 4 is 0 Å². The summed E-state index contributed by atoms with van der Waals surface area (Å²) in [4.78, 5) is 2.60. The summed E-state index contributed by atoms with van der Waals surface area (Å²) in [7, 11) is 0. The highest BCUT2D eigenvalue weighted by Crippen LogP contribution is 2.28. The summed E-state index contributed by atoms with van der Waals surface area (Å²) in [6.45, 7) is 13.5. The molecule has 0 aromatic heterocycles. The number of hydrogen-bond acceptors (Lipinski definition) is 1. The van der Waals surface area contributed by atoms with Crippen LogP contribution in [0.3, 0.4) is 0 Å². The monoisotopic (exact) mass is 223 g/mol. The van der Waals surface area contributed by atoms with Crippen molar-refractivity contribution < 1.29 is 0 Å². The Bertz CT molecular complexity index is 211. The van der Waals surface area contributed by atoms with Crippen LogP contribution in [0.15, 0.2) is 12.3 Å². The molecule has 1 saturated carbocycles. The van der Waals surface area contributed by atoms with Crippen molar-refractivity contribution in [2.24, 2.45) is 5.92 Å². The molecule has 0 N–H and O–H groups in total. The second-order valence-corrected chi connectivity index (χ2v) is 5.96. The van der Waals surface area contributed by atoms with Crippen LogP contribution in [0.25, 0.3) is 0 Å². The Kier molecular flexibility index (Phi) is 5.37. The number of allylic oxidation sites excluding steroid dienone is 1. The maximum Gasteiger partial charge on any atom is 0.0289 e.